The molecule has 1 unspecified atom stereocenters. The molecule has 0 bridgehead atoms. The van der Waals surface area contributed by atoms with E-state index in [1.165, 1.54) is 10.4 Å². The van der Waals surface area contributed by atoms with Gasteiger partial charge in [-0.05, 0) is 48.9 Å². The van der Waals surface area contributed by atoms with Gasteiger partial charge in [0.25, 0.3) is 5.89 Å². The summed E-state index contributed by atoms with van der Waals surface area (Å²) in [6.45, 7) is 5.11. The minimum absolute atomic E-state index is 0.0416. The topological polar surface area (TPSA) is 64.3 Å². The molecule has 0 N–H and O–H groups in total. The number of ether oxygens (including phenoxy) is 1. The Bertz CT molecular complexity index is 827. The lowest BCUT2D eigenvalue weighted by Gasteiger charge is -2.20. The van der Waals surface area contributed by atoms with Gasteiger partial charge in [0.2, 0.25) is 0 Å². The van der Waals surface area contributed by atoms with E-state index in [0.29, 0.717) is 18.3 Å². The standard InChI is InChI=1S/C19H22N4O2S/c1-14-7-10-26-17(14)12-23(11-15-5-2-3-8-20-15)13-18-21-19(25-22-18)16-6-4-9-24-16/h2-3,5,7-8,10,16H,4,6,9,11-13H2,1H3. The maximum atomic E-state index is 5.64. The molecule has 0 amide bonds. The summed E-state index contributed by atoms with van der Waals surface area (Å²) in [4.78, 5) is 12.7. The van der Waals surface area contributed by atoms with Crippen LogP contribution in [-0.4, -0.2) is 26.6 Å². The number of hydrogen-bond donors (Lipinski definition) is 0. The summed E-state index contributed by atoms with van der Waals surface area (Å²) in [5.74, 6) is 1.29. The van der Waals surface area contributed by atoms with E-state index in [2.05, 4.69) is 38.4 Å². The van der Waals surface area contributed by atoms with Gasteiger partial charge in [-0.3, -0.25) is 9.88 Å². The molecule has 3 aromatic heterocycles. The molecule has 7 heteroatoms. The van der Waals surface area contributed by atoms with Gasteiger partial charge < -0.3 is 9.26 Å². The van der Waals surface area contributed by atoms with E-state index in [9.17, 15) is 0 Å². The molecule has 1 fully saturated rings. The highest BCUT2D eigenvalue weighted by Gasteiger charge is 2.24. The molecule has 3 aromatic rings. The van der Waals surface area contributed by atoms with Crippen molar-refractivity contribution in [2.45, 2.75) is 45.5 Å². The van der Waals surface area contributed by atoms with Gasteiger partial charge in [-0.15, -0.1) is 11.3 Å². The Balaban J connectivity index is 1.49. The first kappa shape index (κ1) is 17.3. The fraction of sp³-hybridized carbons (Fsp3) is 0.421. The molecule has 4 rings (SSSR count). The third-order valence-electron chi connectivity index (χ3n) is 4.50. The van der Waals surface area contributed by atoms with Crippen molar-refractivity contribution in [2.75, 3.05) is 6.61 Å². The Morgan fingerprint density at radius 3 is 2.92 bits per heavy atom. The predicted molar refractivity (Wildman–Crippen MR) is 98.5 cm³/mol. The summed E-state index contributed by atoms with van der Waals surface area (Å²) in [6, 6.07) is 8.15. The monoisotopic (exact) mass is 370 g/mol. The first-order valence-corrected chi connectivity index (χ1v) is 9.75. The zero-order chi connectivity index (χ0) is 17.8. The third-order valence-corrected chi connectivity index (χ3v) is 5.51. The van der Waals surface area contributed by atoms with E-state index < -0.39 is 0 Å². The molecule has 0 aromatic carbocycles. The van der Waals surface area contributed by atoms with Crippen molar-refractivity contribution in [2.24, 2.45) is 0 Å². The summed E-state index contributed by atoms with van der Waals surface area (Å²) in [5, 5.41) is 6.30. The zero-order valence-corrected chi connectivity index (χ0v) is 15.6. The van der Waals surface area contributed by atoms with Gasteiger partial charge in [0.15, 0.2) is 5.82 Å². The lowest BCUT2D eigenvalue weighted by molar-refractivity contribution is 0.0835. The van der Waals surface area contributed by atoms with Crippen molar-refractivity contribution < 1.29 is 9.26 Å². The minimum atomic E-state index is -0.0416. The molecule has 0 radical (unpaired) electrons. The second kappa shape index (κ2) is 8.07. The molecule has 0 saturated carbocycles. The fourth-order valence-corrected chi connectivity index (χ4v) is 4.04. The van der Waals surface area contributed by atoms with Gasteiger partial charge in [0.1, 0.15) is 6.10 Å². The molecule has 6 nitrogen and oxygen atoms in total. The van der Waals surface area contributed by atoms with E-state index in [0.717, 1.165) is 38.2 Å². The molecule has 1 atom stereocenters. The van der Waals surface area contributed by atoms with Crippen LogP contribution in [0.5, 0.6) is 0 Å². The molecule has 26 heavy (non-hydrogen) atoms. The summed E-state index contributed by atoms with van der Waals surface area (Å²) < 4.78 is 11.1. The quantitative estimate of drug-likeness (QED) is 0.629. The average Bonchev–Trinajstić information content (AvgIpc) is 3.39. The first-order chi connectivity index (χ1) is 12.8. The smallest absolute Gasteiger partial charge is 0.255 e. The van der Waals surface area contributed by atoms with Crippen molar-refractivity contribution in [1.82, 2.24) is 20.0 Å². The van der Waals surface area contributed by atoms with Crippen LogP contribution in [0.4, 0.5) is 0 Å². The summed E-state index contributed by atoms with van der Waals surface area (Å²) in [7, 11) is 0. The highest BCUT2D eigenvalue weighted by atomic mass is 32.1. The Labute approximate surface area is 156 Å². The number of nitrogens with zero attached hydrogens (tertiary/aromatic N) is 4. The van der Waals surface area contributed by atoms with Crippen LogP contribution in [0.15, 0.2) is 40.4 Å². The Morgan fingerprint density at radius 1 is 1.23 bits per heavy atom. The van der Waals surface area contributed by atoms with Gasteiger partial charge in [-0.2, -0.15) is 4.98 Å². The zero-order valence-electron chi connectivity index (χ0n) is 14.8. The SMILES string of the molecule is Cc1ccsc1CN(Cc1ccccn1)Cc1noc(C2CCCO2)n1. The van der Waals surface area contributed by atoms with Gasteiger partial charge in [-0.1, -0.05) is 11.2 Å². The molecule has 0 aliphatic carbocycles. The van der Waals surface area contributed by atoms with E-state index in [4.69, 9.17) is 9.26 Å². The van der Waals surface area contributed by atoms with Crippen molar-refractivity contribution in [1.29, 1.82) is 0 Å². The number of thiophene rings is 1. The van der Waals surface area contributed by atoms with E-state index >= 15 is 0 Å². The fourth-order valence-electron chi connectivity index (χ4n) is 3.09. The predicted octanol–water partition coefficient (Wildman–Crippen LogP) is 3.89. The van der Waals surface area contributed by atoms with Crippen LogP contribution in [0.2, 0.25) is 0 Å². The molecular weight excluding hydrogens is 348 g/mol. The van der Waals surface area contributed by atoms with E-state index in [-0.39, 0.29) is 6.10 Å². The van der Waals surface area contributed by atoms with Crippen molar-refractivity contribution in [3.8, 4) is 0 Å². The van der Waals surface area contributed by atoms with E-state index in [1.54, 1.807) is 11.3 Å². The molecule has 0 spiro atoms. The molecule has 1 aliphatic heterocycles. The summed E-state index contributed by atoms with van der Waals surface area (Å²) in [6.07, 6.45) is 3.79. The summed E-state index contributed by atoms with van der Waals surface area (Å²) in [5.41, 5.74) is 2.35. The van der Waals surface area contributed by atoms with Crippen LogP contribution >= 0.6 is 11.3 Å². The maximum absolute atomic E-state index is 5.64. The second-order valence-corrected chi connectivity index (χ2v) is 7.54. The number of aromatic nitrogens is 3. The number of rotatable bonds is 7. The lowest BCUT2D eigenvalue weighted by atomic mass is 10.2. The lowest BCUT2D eigenvalue weighted by Crippen LogP contribution is -2.23. The van der Waals surface area contributed by atoms with Crippen LogP contribution in [0.25, 0.3) is 0 Å². The molecular formula is C19H22N4O2S. The van der Waals surface area contributed by atoms with Gasteiger partial charge in [0, 0.05) is 30.8 Å². The Hall–Kier alpha value is -2.09. The number of hydrogen-bond acceptors (Lipinski definition) is 7. The molecule has 1 aliphatic rings. The van der Waals surface area contributed by atoms with Crippen LogP contribution in [0, 0.1) is 6.92 Å². The molecule has 4 heterocycles. The van der Waals surface area contributed by atoms with E-state index in [1.807, 2.05) is 24.4 Å². The van der Waals surface area contributed by atoms with Crippen molar-refractivity contribution in [3.05, 3.63) is 63.7 Å². The van der Waals surface area contributed by atoms with Gasteiger partial charge >= 0.3 is 0 Å². The van der Waals surface area contributed by atoms with Gasteiger partial charge in [-0.25, -0.2) is 0 Å². The van der Waals surface area contributed by atoms with Crippen molar-refractivity contribution >= 4 is 11.3 Å². The van der Waals surface area contributed by atoms with Crippen LogP contribution < -0.4 is 0 Å². The Kier molecular flexibility index (Phi) is 5.38. The van der Waals surface area contributed by atoms with Crippen molar-refractivity contribution in [3.63, 3.8) is 0 Å². The second-order valence-electron chi connectivity index (χ2n) is 6.54. The normalized spacial score (nSPS) is 17.2. The largest absolute Gasteiger partial charge is 0.368 e. The molecule has 136 valence electrons. The van der Waals surface area contributed by atoms with Crippen LogP contribution in [-0.2, 0) is 24.4 Å². The number of aryl methyl sites for hydroxylation is 1. The first-order valence-electron chi connectivity index (χ1n) is 8.87. The highest BCUT2D eigenvalue weighted by molar-refractivity contribution is 7.10. The number of pyridine rings is 1. The maximum Gasteiger partial charge on any atom is 0.255 e. The third kappa shape index (κ3) is 4.17. The summed E-state index contributed by atoms with van der Waals surface area (Å²) >= 11 is 1.78. The minimum Gasteiger partial charge on any atom is -0.368 e. The highest BCUT2D eigenvalue weighted by Crippen LogP contribution is 2.27. The Morgan fingerprint density at radius 2 is 2.19 bits per heavy atom. The van der Waals surface area contributed by atoms with Crippen LogP contribution in [0.3, 0.4) is 0 Å². The van der Waals surface area contributed by atoms with Crippen LogP contribution in [0.1, 0.15) is 46.8 Å². The van der Waals surface area contributed by atoms with Gasteiger partial charge in [0.05, 0.1) is 12.2 Å². The average molecular weight is 370 g/mol. The molecule has 1 saturated heterocycles.